The molecular weight excluding hydrogens is 458 g/mol. The first kappa shape index (κ1) is 23.0. The summed E-state index contributed by atoms with van der Waals surface area (Å²) >= 11 is 0. The normalized spacial score (nSPS) is 16.5. The fourth-order valence-corrected chi connectivity index (χ4v) is 5.68. The monoisotopic (exact) mass is 483 g/mol. The van der Waals surface area contributed by atoms with Crippen LogP contribution < -0.4 is 4.72 Å². The van der Waals surface area contributed by atoms with Gasteiger partial charge in [-0.25, -0.2) is 8.42 Å². The molecule has 1 heterocycles. The number of sulfonamides is 2. The van der Waals surface area contributed by atoms with E-state index in [0.717, 1.165) is 28.5 Å². The van der Waals surface area contributed by atoms with Crippen molar-refractivity contribution >= 4 is 31.4 Å². The van der Waals surface area contributed by atoms with Gasteiger partial charge in [-0.3, -0.25) is 4.72 Å². The number of aryl methyl sites for hydroxylation is 2. The van der Waals surface area contributed by atoms with Crippen molar-refractivity contribution in [2.24, 2.45) is 5.10 Å². The fourth-order valence-electron chi connectivity index (χ4n) is 3.68. The Morgan fingerprint density at radius 1 is 0.818 bits per heavy atom. The topological polar surface area (TPSA) is 95.9 Å². The molecule has 3 aromatic rings. The second kappa shape index (κ2) is 8.64. The maximum absolute atomic E-state index is 13.5. The van der Waals surface area contributed by atoms with E-state index in [9.17, 15) is 16.8 Å². The number of hydrazone groups is 1. The van der Waals surface area contributed by atoms with E-state index in [1.807, 2.05) is 38.1 Å². The van der Waals surface area contributed by atoms with Gasteiger partial charge in [-0.2, -0.15) is 17.9 Å². The lowest BCUT2D eigenvalue weighted by molar-refractivity contribution is 0.371. The van der Waals surface area contributed by atoms with Gasteiger partial charge in [0.1, 0.15) is 0 Å². The Bertz CT molecular complexity index is 1400. The number of nitrogens with one attached hydrogen (secondary N) is 1. The van der Waals surface area contributed by atoms with Gasteiger partial charge in [0, 0.05) is 12.1 Å². The van der Waals surface area contributed by atoms with Gasteiger partial charge in [0.2, 0.25) is 10.0 Å². The molecule has 33 heavy (non-hydrogen) atoms. The number of rotatable bonds is 6. The first-order valence-electron chi connectivity index (χ1n) is 10.4. The highest BCUT2D eigenvalue weighted by Gasteiger charge is 2.37. The molecule has 0 aromatic heterocycles. The van der Waals surface area contributed by atoms with Gasteiger partial charge in [0.15, 0.2) is 0 Å². The molecule has 3 aromatic carbocycles. The van der Waals surface area contributed by atoms with E-state index in [-0.39, 0.29) is 4.90 Å². The largest absolute Gasteiger partial charge is 0.284 e. The lowest BCUT2D eigenvalue weighted by Gasteiger charge is -2.23. The van der Waals surface area contributed by atoms with E-state index in [4.69, 9.17) is 0 Å². The third-order valence-corrected chi connectivity index (χ3v) is 7.72. The predicted molar refractivity (Wildman–Crippen MR) is 130 cm³/mol. The zero-order valence-electron chi connectivity index (χ0n) is 18.6. The zero-order chi connectivity index (χ0) is 23.8. The zero-order valence-corrected chi connectivity index (χ0v) is 20.2. The summed E-state index contributed by atoms with van der Waals surface area (Å²) in [6.07, 6.45) is 1.48. The van der Waals surface area contributed by atoms with E-state index >= 15 is 0 Å². The first-order valence-corrected chi connectivity index (χ1v) is 13.7. The molecule has 9 heteroatoms. The molecular formula is C24H25N3O4S2. The van der Waals surface area contributed by atoms with Crippen LogP contribution in [0.15, 0.2) is 82.8 Å². The highest BCUT2D eigenvalue weighted by atomic mass is 32.2. The Balaban J connectivity index is 1.73. The van der Waals surface area contributed by atoms with Crippen LogP contribution in [0.3, 0.4) is 0 Å². The van der Waals surface area contributed by atoms with Gasteiger partial charge in [0.05, 0.1) is 22.9 Å². The standard InChI is InChI=1S/C24H25N3O4S2/c1-17-4-8-20(9-5-17)24-16-23(19-10-12-21(13-11-19)26-32(3,28)29)25-27(24)33(30,31)22-14-6-18(2)7-15-22/h4-15,24,26H,16H2,1-3H3/t24-/m1/s1. The highest BCUT2D eigenvalue weighted by molar-refractivity contribution is 7.92. The second-order valence-corrected chi connectivity index (χ2v) is 11.8. The van der Waals surface area contributed by atoms with E-state index < -0.39 is 26.1 Å². The summed E-state index contributed by atoms with van der Waals surface area (Å²) < 4.78 is 53.6. The van der Waals surface area contributed by atoms with Crippen LogP contribution in [0.1, 0.15) is 34.7 Å². The highest BCUT2D eigenvalue weighted by Crippen LogP contribution is 2.37. The van der Waals surface area contributed by atoms with Crippen LogP contribution in [0.2, 0.25) is 0 Å². The molecule has 172 valence electrons. The van der Waals surface area contributed by atoms with Crippen LogP contribution in [0.4, 0.5) is 5.69 Å². The van der Waals surface area contributed by atoms with Crippen molar-refractivity contribution in [2.45, 2.75) is 31.2 Å². The lowest BCUT2D eigenvalue weighted by atomic mass is 9.98. The molecule has 0 saturated heterocycles. The van der Waals surface area contributed by atoms with Crippen molar-refractivity contribution in [1.29, 1.82) is 0 Å². The summed E-state index contributed by atoms with van der Waals surface area (Å²) in [5.41, 5.74) is 4.68. The van der Waals surface area contributed by atoms with Crippen LogP contribution >= 0.6 is 0 Å². The Hall–Kier alpha value is -3.17. The van der Waals surface area contributed by atoms with E-state index in [2.05, 4.69) is 9.82 Å². The molecule has 7 nitrogen and oxygen atoms in total. The SMILES string of the molecule is Cc1ccc([C@H]2CC(c3ccc(NS(C)(=O)=O)cc3)=NN2S(=O)(=O)c2ccc(C)cc2)cc1. The molecule has 0 amide bonds. The van der Waals surface area contributed by atoms with Gasteiger partial charge in [-0.1, -0.05) is 59.7 Å². The minimum absolute atomic E-state index is 0.183. The first-order chi connectivity index (χ1) is 15.5. The Morgan fingerprint density at radius 3 is 1.91 bits per heavy atom. The molecule has 0 radical (unpaired) electrons. The summed E-state index contributed by atoms with van der Waals surface area (Å²) in [6, 6.07) is 20.7. The molecule has 1 aliphatic rings. The maximum atomic E-state index is 13.5. The molecule has 0 aliphatic carbocycles. The fraction of sp³-hybridized carbons (Fsp3) is 0.208. The van der Waals surface area contributed by atoms with Gasteiger partial charge in [-0.05, 0) is 49.2 Å². The number of anilines is 1. The molecule has 0 fully saturated rings. The van der Waals surface area contributed by atoms with Crippen LogP contribution in [-0.2, 0) is 20.0 Å². The van der Waals surface area contributed by atoms with Crippen molar-refractivity contribution < 1.29 is 16.8 Å². The predicted octanol–water partition coefficient (Wildman–Crippen LogP) is 4.21. The van der Waals surface area contributed by atoms with Gasteiger partial charge in [0.25, 0.3) is 10.0 Å². The van der Waals surface area contributed by atoms with Crippen molar-refractivity contribution in [3.05, 3.63) is 95.1 Å². The lowest BCUT2D eigenvalue weighted by Crippen LogP contribution is -2.27. The quantitative estimate of drug-likeness (QED) is 0.568. The summed E-state index contributed by atoms with van der Waals surface area (Å²) in [6.45, 7) is 3.88. The van der Waals surface area contributed by atoms with Gasteiger partial charge < -0.3 is 0 Å². The van der Waals surface area contributed by atoms with Crippen LogP contribution in [0.25, 0.3) is 0 Å². The maximum Gasteiger partial charge on any atom is 0.279 e. The van der Waals surface area contributed by atoms with Crippen molar-refractivity contribution in [1.82, 2.24) is 4.41 Å². The number of hydrogen-bond acceptors (Lipinski definition) is 5. The minimum atomic E-state index is -3.88. The molecule has 1 aliphatic heterocycles. The Morgan fingerprint density at radius 2 is 1.36 bits per heavy atom. The summed E-state index contributed by atoms with van der Waals surface area (Å²) in [4.78, 5) is 0.183. The molecule has 4 rings (SSSR count). The Kier molecular flexibility index (Phi) is 6.02. The second-order valence-electron chi connectivity index (χ2n) is 8.22. The van der Waals surface area contributed by atoms with E-state index in [1.165, 1.54) is 4.41 Å². The summed E-state index contributed by atoms with van der Waals surface area (Å²) in [5, 5.41) is 4.54. The van der Waals surface area contributed by atoms with Crippen molar-refractivity contribution in [3.63, 3.8) is 0 Å². The van der Waals surface area contributed by atoms with Crippen LogP contribution in [0, 0.1) is 13.8 Å². The third kappa shape index (κ3) is 5.09. The molecule has 0 unspecified atom stereocenters. The average molecular weight is 484 g/mol. The molecule has 0 spiro atoms. The number of hydrogen-bond donors (Lipinski definition) is 1. The van der Waals surface area contributed by atoms with Crippen molar-refractivity contribution in [3.8, 4) is 0 Å². The average Bonchev–Trinajstić information content (AvgIpc) is 3.20. The van der Waals surface area contributed by atoms with E-state index in [1.54, 1.807) is 48.5 Å². The molecule has 1 atom stereocenters. The number of nitrogens with zero attached hydrogens (tertiary/aromatic N) is 2. The summed E-state index contributed by atoms with van der Waals surface area (Å²) in [5.74, 6) is 0. The third-order valence-electron chi connectivity index (χ3n) is 5.42. The van der Waals surface area contributed by atoms with Crippen LogP contribution in [-0.4, -0.2) is 33.2 Å². The van der Waals surface area contributed by atoms with E-state index in [0.29, 0.717) is 17.8 Å². The number of benzene rings is 3. The van der Waals surface area contributed by atoms with Crippen molar-refractivity contribution in [2.75, 3.05) is 11.0 Å². The van der Waals surface area contributed by atoms with Gasteiger partial charge in [-0.15, -0.1) is 0 Å². The van der Waals surface area contributed by atoms with Crippen LogP contribution in [0.5, 0.6) is 0 Å². The summed E-state index contributed by atoms with van der Waals surface area (Å²) in [7, 11) is -7.27. The minimum Gasteiger partial charge on any atom is -0.284 e. The Labute approximate surface area is 194 Å². The smallest absolute Gasteiger partial charge is 0.279 e. The molecule has 0 saturated carbocycles. The van der Waals surface area contributed by atoms with Gasteiger partial charge >= 0.3 is 0 Å². The molecule has 1 N–H and O–H groups in total. The molecule has 0 bridgehead atoms.